The maximum Gasteiger partial charge on any atom is 0.213 e. The number of nitrogens with one attached hydrogen (secondary N) is 1. The van der Waals surface area contributed by atoms with E-state index in [-0.39, 0.29) is 17.6 Å². The van der Waals surface area contributed by atoms with Crippen LogP contribution < -0.4 is 10.1 Å². The van der Waals surface area contributed by atoms with Crippen molar-refractivity contribution in [2.24, 2.45) is 16.3 Å². The van der Waals surface area contributed by atoms with E-state index in [0.717, 1.165) is 45.0 Å². The zero-order valence-corrected chi connectivity index (χ0v) is 17.1. The van der Waals surface area contributed by atoms with Gasteiger partial charge in [0.1, 0.15) is 6.10 Å². The molecule has 2 aliphatic heterocycles. The van der Waals surface area contributed by atoms with E-state index in [1.165, 1.54) is 6.42 Å². The standard InChI is InChI=1S/C21H34N4O2/c1-21(2,3)19-16(8-7-13-26-19)14-24-20(22-4)25-12-10-17(15-25)27-18-9-5-6-11-23-18/h5-6,9,11,16-17,19H,7-8,10,12-15H2,1-4H3,(H,22,24). The van der Waals surface area contributed by atoms with Gasteiger partial charge in [-0.05, 0) is 24.3 Å². The molecule has 1 aromatic rings. The van der Waals surface area contributed by atoms with Gasteiger partial charge in [0.2, 0.25) is 5.88 Å². The highest BCUT2D eigenvalue weighted by molar-refractivity contribution is 5.80. The summed E-state index contributed by atoms with van der Waals surface area (Å²) in [6, 6.07) is 5.76. The predicted octanol–water partition coefficient (Wildman–Crippen LogP) is 2.95. The number of hydrogen-bond donors (Lipinski definition) is 1. The first-order chi connectivity index (χ1) is 13.0. The Hall–Kier alpha value is -1.82. The molecular formula is C21H34N4O2. The zero-order valence-electron chi connectivity index (χ0n) is 17.1. The molecule has 0 amide bonds. The van der Waals surface area contributed by atoms with Crippen LogP contribution in [-0.2, 0) is 4.74 Å². The smallest absolute Gasteiger partial charge is 0.213 e. The summed E-state index contributed by atoms with van der Waals surface area (Å²) in [6.45, 7) is 10.4. The summed E-state index contributed by atoms with van der Waals surface area (Å²) in [7, 11) is 1.86. The van der Waals surface area contributed by atoms with Crippen molar-refractivity contribution in [2.75, 3.05) is 33.3 Å². The molecule has 0 aromatic carbocycles. The van der Waals surface area contributed by atoms with Crippen molar-refractivity contribution in [1.29, 1.82) is 0 Å². The molecule has 2 saturated heterocycles. The summed E-state index contributed by atoms with van der Waals surface area (Å²) in [5, 5.41) is 3.59. The fraction of sp³-hybridized carbons (Fsp3) is 0.714. The summed E-state index contributed by atoms with van der Waals surface area (Å²) in [5.74, 6) is 2.17. The highest BCUT2D eigenvalue weighted by Crippen LogP contribution is 2.33. The second-order valence-electron chi connectivity index (χ2n) is 8.63. The zero-order chi connectivity index (χ0) is 19.3. The third-order valence-corrected chi connectivity index (χ3v) is 5.40. The molecular weight excluding hydrogens is 340 g/mol. The molecule has 3 rings (SSSR count). The third-order valence-electron chi connectivity index (χ3n) is 5.40. The number of guanidine groups is 1. The molecule has 27 heavy (non-hydrogen) atoms. The maximum absolute atomic E-state index is 6.11. The van der Waals surface area contributed by atoms with Crippen molar-refractivity contribution < 1.29 is 9.47 Å². The number of pyridine rings is 1. The minimum Gasteiger partial charge on any atom is -0.472 e. The second-order valence-corrected chi connectivity index (χ2v) is 8.63. The number of nitrogens with zero attached hydrogens (tertiary/aromatic N) is 3. The van der Waals surface area contributed by atoms with Gasteiger partial charge in [-0.3, -0.25) is 4.99 Å². The maximum atomic E-state index is 6.11. The van der Waals surface area contributed by atoms with Crippen LogP contribution in [-0.4, -0.2) is 61.3 Å². The molecule has 0 saturated carbocycles. The molecule has 150 valence electrons. The van der Waals surface area contributed by atoms with Crippen molar-refractivity contribution in [3.05, 3.63) is 24.4 Å². The quantitative estimate of drug-likeness (QED) is 0.649. The second kappa shape index (κ2) is 8.91. The number of aromatic nitrogens is 1. The fourth-order valence-corrected chi connectivity index (χ4v) is 4.17. The third kappa shape index (κ3) is 5.34. The van der Waals surface area contributed by atoms with Gasteiger partial charge in [-0.2, -0.15) is 0 Å². The van der Waals surface area contributed by atoms with Gasteiger partial charge in [-0.15, -0.1) is 0 Å². The molecule has 0 spiro atoms. The Labute approximate surface area is 163 Å². The van der Waals surface area contributed by atoms with Crippen LogP contribution in [0.1, 0.15) is 40.0 Å². The van der Waals surface area contributed by atoms with Crippen LogP contribution >= 0.6 is 0 Å². The first-order valence-electron chi connectivity index (χ1n) is 10.1. The number of ether oxygens (including phenoxy) is 2. The van der Waals surface area contributed by atoms with Crippen molar-refractivity contribution in [2.45, 2.75) is 52.2 Å². The van der Waals surface area contributed by atoms with Gasteiger partial charge in [-0.25, -0.2) is 4.98 Å². The minimum absolute atomic E-state index is 0.152. The lowest BCUT2D eigenvalue weighted by atomic mass is 9.78. The summed E-state index contributed by atoms with van der Waals surface area (Å²) < 4.78 is 12.1. The van der Waals surface area contributed by atoms with E-state index in [1.54, 1.807) is 6.20 Å². The first kappa shape index (κ1) is 19.9. The molecule has 0 radical (unpaired) electrons. The molecule has 3 heterocycles. The first-order valence-corrected chi connectivity index (χ1v) is 10.1. The van der Waals surface area contributed by atoms with Gasteiger partial charge in [0, 0.05) is 51.3 Å². The number of aliphatic imine (C=N–C) groups is 1. The van der Waals surface area contributed by atoms with E-state index in [4.69, 9.17) is 9.47 Å². The van der Waals surface area contributed by atoms with Crippen LogP contribution in [0.3, 0.4) is 0 Å². The van der Waals surface area contributed by atoms with Gasteiger partial charge in [0.25, 0.3) is 0 Å². The summed E-state index contributed by atoms with van der Waals surface area (Å²) >= 11 is 0. The molecule has 6 nitrogen and oxygen atoms in total. The van der Waals surface area contributed by atoms with Crippen LogP contribution in [0.4, 0.5) is 0 Å². The van der Waals surface area contributed by atoms with Crippen molar-refractivity contribution in [3.8, 4) is 5.88 Å². The Bertz CT molecular complexity index is 614. The monoisotopic (exact) mass is 374 g/mol. The molecule has 2 fully saturated rings. The Kier molecular flexibility index (Phi) is 6.58. The van der Waals surface area contributed by atoms with Crippen molar-refractivity contribution in [3.63, 3.8) is 0 Å². The number of rotatable bonds is 4. The molecule has 1 aromatic heterocycles. The highest BCUT2D eigenvalue weighted by atomic mass is 16.5. The molecule has 0 aliphatic carbocycles. The lowest BCUT2D eigenvalue weighted by Crippen LogP contribution is -2.48. The Morgan fingerprint density at radius 3 is 2.93 bits per heavy atom. The topological polar surface area (TPSA) is 59.0 Å². The molecule has 6 heteroatoms. The summed E-state index contributed by atoms with van der Waals surface area (Å²) in [6.07, 6.45) is 5.53. The SMILES string of the molecule is CN=C(NCC1CCCOC1C(C)(C)C)N1CCC(Oc2ccccn2)C1. The average Bonchev–Trinajstić information content (AvgIpc) is 3.11. The van der Waals surface area contributed by atoms with Crippen LogP contribution in [0.25, 0.3) is 0 Å². The Balaban J connectivity index is 1.52. The van der Waals surface area contributed by atoms with Gasteiger partial charge in [0.05, 0.1) is 12.6 Å². The van der Waals surface area contributed by atoms with Crippen LogP contribution in [0, 0.1) is 11.3 Å². The van der Waals surface area contributed by atoms with Gasteiger partial charge in [0.15, 0.2) is 5.96 Å². The van der Waals surface area contributed by atoms with Crippen LogP contribution in [0.2, 0.25) is 0 Å². The number of likely N-dealkylation sites (tertiary alicyclic amines) is 1. The molecule has 0 bridgehead atoms. The number of hydrogen-bond acceptors (Lipinski definition) is 4. The van der Waals surface area contributed by atoms with Crippen molar-refractivity contribution in [1.82, 2.24) is 15.2 Å². The average molecular weight is 375 g/mol. The van der Waals surface area contributed by atoms with E-state index in [0.29, 0.717) is 11.8 Å². The van der Waals surface area contributed by atoms with Gasteiger partial charge in [-0.1, -0.05) is 26.8 Å². The van der Waals surface area contributed by atoms with E-state index in [2.05, 4.69) is 41.0 Å². The molecule has 1 N–H and O–H groups in total. The lowest BCUT2D eigenvalue weighted by molar-refractivity contribution is -0.0836. The Morgan fingerprint density at radius 2 is 2.22 bits per heavy atom. The fourth-order valence-electron chi connectivity index (χ4n) is 4.17. The van der Waals surface area contributed by atoms with Crippen LogP contribution in [0.15, 0.2) is 29.4 Å². The summed E-state index contributed by atoms with van der Waals surface area (Å²) in [4.78, 5) is 11.0. The lowest BCUT2D eigenvalue weighted by Gasteiger charge is -2.40. The molecule has 2 aliphatic rings. The summed E-state index contributed by atoms with van der Waals surface area (Å²) in [5.41, 5.74) is 0.158. The van der Waals surface area contributed by atoms with E-state index in [9.17, 15) is 0 Å². The normalized spacial score (nSPS) is 26.9. The predicted molar refractivity (Wildman–Crippen MR) is 108 cm³/mol. The van der Waals surface area contributed by atoms with Gasteiger partial charge >= 0.3 is 0 Å². The highest BCUT2D eigenvalue weighted by Gasteiger charge is 2.35. The van der Waals surface area contributed by atoms with E-state index >= 15 is 0 Å². The van der Waals surface area contributed by atoms with Crippen molar-refractivity contribution >= 4 is 5.96 Å². The van der Waals surface area contributed by atoms with E-state index in [1.807, 2.05) is 25.2 Å². The van der Waals surface area contributed by atoms with Crippen LogP contribution in [0.5, 0.6) is 5.88 Å². The largest absolute Gasteiger partial charge is 0.472 e. The molecule has 3 unspecified atom stereocenters. The minimum atomic E-state index is 0.152. The van der Waals surface area contributed by atoms with E-state index < -0.39 is 0 Å². The van der Waals surface area contributed by atoms with Gasteiger partial charge < -0.3 is 19.7 Å². The Morgan fingerprint density at radius 1 is 1.37 bits per heavy atom. The molecule has 3 atom stereocenters.